The van der Waals surface area contributed by atoms with E-state index < -0.39 is 17.5 Å². The zero-order valence-corrected chi connectivity index (χ0v) is 10.7. The van der Waals surface area contributed by atoms with E-state index in [2.05, 4.69) is 5.32 Å². The first-order valence-corrected chi connectivity index (χ1v) is 5.86. The standard InChI is InChI=1S/C15H12FNO3/c1-20-13-9-5-2-6-10(13)14(18)15(19)17-12-8-4-3-7-11(12)16/h2-9H,1H3,(H,17,19). The van der Waals surface area contributed by atoms with Crippen LogP contribution in [0, 0.1) is 5.82 Å². The number of methoxy groups -OCH3 is 1. The Morgan fingerprint density at radius 2 is 1.70 bits per heavy atom. The molecule has 0 saturated carbocycles. The first-order valence-electron chi connectivity index (χ1n) is 5.86. The van der Waals surface area contributed by atoms with Crippen molar-refractivity contribution in [3.8, 4) is 5.75 Å². The Bertz CT molecular complexity index is 655. The topological polar surface area (TPSA) is 55.4 Å². The monoisotopic (exact) mass is 273 g/mol. The first-order chi connectivity index (χ1) is 9.63. The number of amides is 1. The van der Waals surface area contributed by atoms with Crippen LogP contribution in [0.4, 0.5) is 10.1 Å². The largest absolute Gasteiger partial charge is 0.496 e. The van der Waals surface area contributed by atoms with Gasteiger partial charge in [0.1, 0.15) is 11.6 Å². The molecular formula is C15H12FNO3. The van der Waals surface area contributed by atoms with Crippen molar-refractivity contribution in [2.24, 2.45) is 0 Å². The zero-order chi connectivity index (χ0) is 14.5. The summed E-state index contributed by atoms with van der Waals surface area (Å²) in [6, 6.07) is 12.0. The van der Waals surface area contributed by atoms with Crippen molar-refractivity contribution in [2.75, 3.05) is 12.4 Å². The maximum atomic E-state index is 13.4. The number of rotatable bonds is 4. The van der Waals surface area contributed by atoms with Crippen LogP contribution in [0.5, 0.6) is 5.75 Å². The maximum absolute atomic E-state index is 13.4. The minimum atomic E-state index is -0.917. The summed E-state index contributed by atoms with van der Waals surface area (Å²) in [5.41, 5.74) is 0.0876. The molecule has 2 aromatic rings. The summed E-state index contributed by atoms with van der Waals surface area (Å²) in [6.45, 7) is 0. The predicted molar refractivity (Wildman–Crippen MR) is 72.4 cm³/mol. The van der Waals surface area contributed by atoms with Gasteiger partial charge in [0, 0.05) is 0 Å². The molecule has 0 saturated heterocycles. The molecule has 0 aromatic heterocycles. The molecule has 0 radical (unpaired) electrons. The molecule has 0 aliphatic carbocycles. The molecule has 0 aliphatic rings. The third kappa shape index (κ3) is 2.83. The molecule has 1 N–H and O–H groups in total. The summed E-state index contributed by atoms with van der Waals surface area (Å²) in [4.78, 5) is 23.9. The first kappa shape index (κ1) is 13.7. The Kier molecular flexibility index (Phi) is 4.10. The van der Waals surface area contributed by atoms with Gasteiger partial charge < -0.3 is 10.1 Å². The van der Waals surface area contributed by atoms with E-state index in [-0.39, 0.29) is 11.3 Å². The van der Waals surface area contributed by atoms with Crippen LogP contribution < -0.4 is 10.1 Å². The van der Waals surface area contributed by atoms with Gasteiger partial charge in [0.15, 0.2) is 0 Å². The Morgan fingerprint density at radius 1 is 1.05 bits per heavy atom. The molecule has 0 fully saturated rings. The second kappa shape index (κ2) is 5.97. The summed E-state index contributed by atoms with van der Waals surface area (Å²) in [5, 5.41) is 2.24. The number of anilines is 1. The summed E-state index contributed by atoms with van der Waals surface area (Å²) < 4.78 is 18.4. The highest BCUT2D eigenvalue weighted by Gasteiger charge is 2.20. The second-order valence-electron chi connectivity index (χ2n) is 3.96. The van der Waals surface area contributed by atoms with E-state index in [0.717, 1.165) is 0 Å². The highest BCUT2D eigenvalue weighted by atomic mass is 19.1. The van der Waals surface area contributed by atoms with Gasteiger partial charge in [-0.3, -0.25) is 9.59 Å². The van der Waals surface area contributed by atoms with Gasteiger partial charge in [0.2, 0.25) is 0 Å². The van der Waals surface area contributed by atoms with Crippen molar-refractivity contribution >= 4 is 17.4 Å². The van der Waals surface area contributed by atoms with Crippen LogP contribution in [0.15, 0.2) is 48.5 Å². The Morgan fingerprint density at radius 3 is 2.40 bits per heavy atom. The van der Waals surface area contributed by atoms with E-state index in [1.807, 2.05) is 0 Å². The lowest BCUT2D eigenvalue weighted by Gasteiger charge is -2.08. The summed E-state index contributed by atoms with van der Waals surface area (Å²) in [7, 11) is 1.40. The quantitative estimate of drug-likeness (QED) is 0.688. The van der Waals surface area contributed by atoms with Gasteiger partial charge in [0.25, 0.3) is 11.7 Å². The molecule has 2 aromatic carbocycles. The fourth-order valence-electron chi connectivity index (χ4n) is 1.70. The van der Waals surface area contributed by atoms with Crippen LogP contribution >= 0.6 is 0 Å². The molecule has 4 nitrogen and oxygen atoms in total. The zero-order valence-electron chi connectivity index (χ0n) is 10.7. The average Bonchev–Trinajstić information content (AvgIpc) is 2.48. The van der Waals surface area contributed by atoms with Gasteiger partial charge in [-0.2, -0.15) is 0 Å². The molecule has 0 heterocycles. The van der Waals surface area contributed by atoms with Gasteiger partial charge in [-0.1, -0.05) is 24.3 Å². The van der Waals surface area contributed by atoms with Crippen molar-refractivity contribution < 1.29 is 18.7 Å². The van der Waals surface area contributed by atoms with E-state index in [0.29, 0.717) is 5.75 Å². The lowest BCUT2D eigenvalue weighted by atomic mass is 10.1. The number of para-hydroxylation sites is 2. The lowest BCUT2D eigenvalue weighted by molar-refractivity contribution is -0.112. The highest BCUT2D eigenvalue weighted by Crippen LogP contribution is 2.19. The smallest absolute Gasteiger partial charge is 0.296 e. The lowest BCUT2D eigenvalue weighted by Crippen LogP contribution is -2.23. The molecule has 0 atom stereocenters. The van der Waals surface area contributed by atoms with Crippen LogP contribution in [0.1, 0.15) is 10.4 Å². The Balaban J connectivity index is 2.21. The van der Waals surface area contributed by atoms with Crippen molar-refractivity contribution in [1.29, 1.82) is 0 Å². The van der Waals surface area contributed by atoms with Crippen LogP contribution in [0.2, 0.25) is 0 Å². The number of ketones is 1. The maximum Gasteiger partial charge on any atom is 0.296 e. The number of ether oxygens (including phenoxy) is 1. The van der Waals surface area contributed by atoms with Crippen LogP contribution in [0.25, 0.3) is 0 Å². The summed E-state index contributed by atoms with van der Waals surface area (Å²) in [5.74, 6) is -2.01. The SMILES string of the molecule is COc1ccccc1C(=O)C(=O)Nc1ccccc1F. The molecule has 5 heteroatoms. The summed E-state index contributed by atoms with van der Waals surface area (Å²) in [6.07, 6.45) is 0. The fraction of sp³-hybridized carbons (Fsp3) is 0.0667. The van der Waals surface area contributed by atoms with E-state index in [4.69, 9.17) is 4.74 Å². The third-order valence-corrected chi connectivity index (χ3v) is 2.68. The number of nitrogens with one attached hydrogen (secondary N) is 1. The van der Waals surface area contributed by atoms with Crippen LogP contribution in [-0.4, -0.2) is 18.8 Å². The van der Waals surface area contributed by atoms with E-state index in [1.165, 1.54) is 31.4 Å². The number of hydrogen-bond donors (Lipinski definition) is 1. The minimum Gasteiger partial charge on any atom is -0.496 e. The van der Waals surface area contributed by atoms with Gasteiger partial charge >= 0.3 is 0 Å². The fourth-order valence-corrected chi connectivity index (χ4v) is 1.70. The van der Waals surface area contributed by atoms with Crippen LogP contribution in [0.3, 0.4) is 0 Å². The molecule has 0 bridgehead atoms. The van der Waals surface area contributed by atoms with Crippen molar-refractivity contribution in [2.45, 2.75) is 0 Å². The number of halogens is 1. The number of hydrogen-bond acceptors (Lipinski definition) is 3. The van der Waals surface area contributed by atoms with E-state index in [9.17, 15) is 14.0 Å². The van der Waals surface area contributed by atoms with Crippen molar-refractivity contribution in [3.05, 3.63) is 59.9 Å². The predicted octanol–water partition coefficient (Wildman–Crippen LogP) is 2.66. The molecule has 20 heavy (non-hydrogen) atoms. The second-order valence-corrected chi connectivity index (χ2v) is 3.96. The molecule has 0 aliphatic heterocycles. The molecule has 1 amide bonds. The van der Waals surface area contributed by atoms with Gasteiger partial charge in [0.05, 0.1) is 18.4 Å². The average molecular weight is 273 g/mol. The van der Waals surface area contributed by atoms with Gasteiger partial charge in [-0.15, -0.1) is 0 Å². The number of carbonyl (C=O) groups is 2. The van der Waals surface area contributed by atoms with E-state index in [1.54, 1.807) is 24.3 Å². The molecule has 0 spiro atoms. The highest BCUT2D eigenvalue weighted by molar-refractivity contribution is 6.47. The van der Waals surface area contributed by atoms with Crippen LogP contribution in [-0.2, 0) is 4.79 Å². The molecule has 0 unspecified atom stereocenters. The normalized spacial score (nSPS) is 9.90. The molecule has 102 valence electrons. The number of Topliss-reactive ketones (excluding diaryl/α,β-unsaturated/α-hetero) is 1. The Hall–Kier alpha value is -2.69. The molecule has 2 rings (SSSR count). The van der Waals surface area contributed by atoms with Crippen molar-refractivity contribution in [3.63, 3.8) is 0 Å². The minimum absolute atomic E-state index is 0.0410. The number of benzene rings is 2. The third-order valence-electron chi connectivity index (χ3n) is 2.68. The Labute approximate surface area is 115 Å². The van der Waals surface area contributed by atoms with Gasteiger partial charge in [-0.25, -0.2) is 4.39 Å². The van der Waals surface area contributed by atoms with Crippen molar-refractivity contribution in [1.82, 2.24) is 0 Å². The number of carbonyl (C=O) groups excluding carboxylic acids is 2. The molecular weight excluding hydrogens is 261 g/mol. The van der Waals surface area contributed by atoms with E-state index >= 15 is 0 Å². The summed E-state index contributed by atoms with van der Waals surface area (Å²) >= 11 is 0. The van der Waals surface area contributed by atoms with Gasteiger partial charge in [-0.05, 0) is 24.3 Å².